The fourth-order valence-corrected chi connectivity index (χ4v) is 1.76. The van der Waals surface area contributed by atoms with Gasteiger partial charge in [0.2, 0.25) is 0 Å². The second-order valence-corrected chi connectivity index (χ2v) is 4.70. The van der Waals surface area contributed by atoms with Gasteiger partial charge in [0.25, 0.3) is 0 Å². The molecule has 4 heteroatoms. The van der Waals surface area contributed by atoms with Crippen LogP contribution in [0, 0.1) is 6.92 Å². The summed E-state index contributed by atoms with van der Waals surface area (Å²) in [6.45, 7) is 10.6. The molecule has 0 aliphatic heterocycles. The van der Waals surface area contributed by atoms with Crippen LogP contribution in [0.4, 0.5) is 0 Å². The molecule has 1 N–H and O–H groups in total. The molecule has 0 aromatic carbocycles. The molecule has 0 radical (unpaired) electrons. The van der Waals surface area contributed by atoms with Crippen LogP contribution in [0.25, 0.3) is 0 Å². The Morgan fingerprint density at radius 3 is 2.69 bits per heavy atom. The number of hydrogen-bond acceptors (Lipinski definition) is 3. The lowest BCUT2D eigenvalue weighted by Gasteiger charge is -2.24. The molecule has 0 saturated carbocycles. The maximum absolute atomic E-state index is 5.62. The highest BCUT2D eigenvalue weighted by Crippen LogP contribution is 2.08. The summed E-state index contributed by atoms with van der Waals surface area (Å²) in [4.78, 5) is 0. The molecule has 1 aromatic heterocycles. The van der Waals surface area contributed by atoms with Gasteiger partial charge >= 0.3 is 0 Å². The van der Waals surface area contributed by atoms with Gasteiger partial charge in [0.15, 0.2) is 0 Å². The van der Waals surface area contributed by atoms with Crippen molar-refractivity contribution in [1.29, 1.82) is 0 Å². The molecule has 0 atom stereocenters. The van der Waals surface area contributed by atoms with Gasteiger partial charge in [0, 0.05) is 26.7 Å². The maximum Gasteiger partial charge on any atom is 0.0750 e. The standard InChI is InChI=1S/C12H23N3O/c1-6-16-12(3,4)9-13-8-11-7-10(2)14-15(11)5/h7,13H,6,8-9H2,1-5H3. The molecular weight excluding hydrogens is 202 g/mol. The minimum atomic E-state index is -0.109. The van der Waals surface area contributed by atoms with Crippen molar-refractivity contribution in [3.63, 3.8) is 0 Å². The summed E-state index contributed by atoms with van der Waals surface area (Å²) >= 11 is 0. The third-order valence-corrected chi connectivity index (χ3v) is 2.49. The molecular formula is C12H23N3O. The van der Waals surface area contributed by atoms with Gasteiger partial charge in [0.05, 0.1) is 17.0 Å². The average Bonchev–Trinajstić information content (AvgIpc) is 2.44. The second-order valence-electron chi connectivity index (χ2n) is 4.70. The van der Waals surface area contributed by atoms with Gasteiger partial charge in [-0.25, -0.2) is 0 Å². The summed E-state index contributed by atoms with van der Waals surface area (Å²) in [6.07, 6.45) is 0. The molecule has 0 bridgehead atoms. The average molecular weight is 225 g/mol. The van der Waals surface area contributed by atoms with Crippen molar-refractivity contribution in [2.45, 2.75) is 39.8 Å². The molecule has 0 aliphatic carbocycles. The van der Waals surface area contributed by atoms with Crippen molar-refractivity contribution in [1.82, 2.24) is 15.1 Å². The Kier molecular flexibility index (Phi) is 4.50. The number of aryl methyl sites for hydroxylation is 2. The third kappa shape index (κ3) is 3.94. The van der Waals surface area contributed by atoms with Crippen LogP contribution in [0.15, 0.2) is 6.07 Å². The minimum absolute atomic E-state index is 0.109. The Morgan fingerprint density at radius 1 is 1.50 bits per heavy atom. The number of nitrogens with one attached hydrogen (secondary N) is 1. The largest absolute Gasteiger partial charge is 0.375 e. The smallest absolute Gasteiger partial charge is 0.0750 e. The number of rotatable bonds is 6. The van der Waals surface area contributed by atoms with E-state index in [-0.39, 0.29) is 5.60 Å². The molecule has 1 heterocycles. The summed E-state index contributed by atoms with van der Waals surface area (Å²) in [6, 6.07) is 2.10. The molecule has 0 spiro atoms. The number of nitrogens with zero attached hydrogens (tertiary/aromatic N) is 2. The fraction of sp³-hybridized carbons (Fsp3) is 0.750. The van der Waals surface area contributed by atoms with Gasteiger partial charge in [-0.3, -0.25) is 4.68 Å². The molecule has 92 valence electrons. The van der Waals surface area contributed by atoms with E-state index < -0.39 is 0 Å². The van der Waals surface area contributed by atoms with Crippen molar-refractivity contribution < 1.29 is 4.74 Å². The number of aromatic nitrogens is 2. The van der Waals surface area contributed by atoms with E-state index in [9.17, 15) is 0 Å². The lowest BCUT2D eigenvalue weighted by molar-refractivity contribution is -0.00906. The quantitative estimate of drug-likeness (QED) is 0.800. The first-order valence-electron chi connectivity index (χ1n) is 5.79. The Morgan fingerprint density at radius 2 is 2.19 bits per heavy atom. The predicted octanol–water partition coefficient (Wildman–Crippen LogP) is 1.63. The zero-order valence-electron chi connectivity index (χ0n) is 11.0. The van der Waals surface area contributed by atoms with E-state index in [4.69, 9.17) is 4.74 Å². The van der Waals surface area contributed by atoms with E-state index in [0.717, 1.165) is 25.4 Å². The summed E-state index contributed by atoms with van der Waals surface area (Å²) in [7, 11) is 1.97. The number of ether oxygens (including phenoxy) is 1. The molecule has 0 saturated heterocycles. The zero-order chi connectivity index (χ0) is 12.2. The van der Waals surface area contributed by atoms with Crippen molar-refractivity contribution in [3.05, 3.63) is 17.5 Å². The van der Waals surface area contributed by atoms with Gasteiger partial charge in [-0.15, -0.1) is 0 Å². The van der Waals surface area contributed by atoms with E-state index in [1.807, 2.05) is 25.6 Å². The Hall–Kier alpha value is -0.870. The van der Waals surface area contributed by atoms with Crippen LogP contribution in [0.3, 0.4) is 0 Å². The van der Waals surface area contributed by atoms with E-state index in [1.54, 1.807) is 0 Å². The van der Waals surface area contributed by atoms with Crippen LogP contribution in [0.5, 0.6) is 0 Å². The van der Waals surface area contributed by atoms with Crippen LogP contribution >= 0.6 is 0 Å². The van der Waals surface area contributed by atoms with E-state index in [2.05, 4.69) is 30.3 Å². The second kappa shape index (κ2) is 5.46. The predicted molar refractivity (Wildman–Crippen MR) is 65.4 cm³/mol. The van der Waals surface area contributed by atoms with Gasteiger partial charge in [-0.05, 0) is 33.8 Å². The van der Waals surface area contributed by atoms with Crippen LogP contribution < -0.4 is 5.32 Å². The summed E-state index contributed by atoms with van der Waals surface area (Å²) < 4.78 is 7.53. The van der Waals surface area contributed by atoms with Gasteiger partial charge in [-0.1, -0.05) is 0 Å². The third-order valence-electron chi connectivity index (χ3n) is 2.49. The van der Waals surface area contributed by atoms with Crippen LogP contribution in [0.2, 0.25) is 0 Å². The highest BCUT2D eigenvalue weighted by molar-refractivity contribution is 5.08. The Bertz CT molecular complexity index is 331. The van der Waals surface area contributed by atoms with E-state index in [1.165, 1.54) is 5.69 Å². The van der Waals surface area contributed by atoms with Gasteiger partial charge in [0.1, 0.15) is 0 Å². The lowest BCUT2D eigenvalue weighted by atomic mass is 10.1. The van der Waals surface area contributed by atoms with Gasteiger partial charge in [-0.2, -0.15) is 5.10 Å². The van der Waals surface area contributed by atoms with Gasteiger partial charge < -0.3 is 10.1 Å². The zero-order valence-corrected chi connectivity index (χ0v) is 11.0. The topological polar surface area (TPSA) is 39.1 Å². The summed E-state index contributed by atoms with van der Waals surface area (Å²) in [5, 5.41) is 7.70. The molecule has 16 heavy (non-hydrogen) atoms. The fourth-order valence-electron chi connectivity index (χ4n) is 1.76. The first-order valence-corrected chi connectivity index (χ1v) is 5.79. The van der Waals surface area contributed by atoms with E-state index in [0.29, 0.717) is 0 Å². The van der Waals surface area contributed by atoms with Crippen LogP contribution in [-0.4, -0.2) is 28.5 Å². The highest BCUT2D eigenvalue weighted by Gasteiger charge is 2.16. The molecule has 0 aliphatic rings. The highest BCUT2D eigenvalue weighted by atomic mass is 16.5. The first kappa shape index (κ1) is 13.2. The summed E-state index contributed by atoms with van der Waals surface area (Å²) in [5.41, 5.74) is 2.15. The van der Waals surface area contributed by atoms with Crippen molar-refractivity contribution in [3.8, 4) is 0 Å². The molecule has 0 unspecified atom stereocenters. The van der Waals surface area contributed by atoms with Crippen molar-refractivity contribution in [2.75, 3.05) is 13.2 Å². The molecule has 4 nitrogen and oxygen atoms in total. The lowest BCUT2D eigenvalue weighted by Crippen LogP contribution is -2.37. The number of hydrogen-bond donors (Lipinski definition) is 1. The van der Waals surface area contributed by atoms with E-state index >= 15 is 0 Å². The molecule has 1 rings (SSSR count). The minimum Gasteiger partial charge on any atom is -0.375 e. The monoisotopic (exact) mass is 225 g/mol. The molecule has 1 aromatic rings. The summed E-state index contributed by atoms with van der Waals surface area (Å²) in [5.74, 6) is 0. The first-order chi connectivity index (χ1) is 7.44. The maximum atomic E-state index is 5.62. The van der Waals surface area contributed by atoms with Crippen molar-refractivity contribution >= 4 is 0 Å². The SMILES string of the molecule is CCOC(C)(C)CNCc1cc(C)nn1C. The Labute approximate surface area is 98.0 Å². The Balaban J connectivity index is 2.38. The molecule has 0 fully saturated rings. The normalized spacial score (nSPS) is 12.1. The molecule has 0 amide bonds. The van der Waals surface area contributed by atoms with Crippen molar-refractivity contribution in [2.24, 2.45) is 7.05 Å². The van der Waals surface area contributed by atoms with Crippen LogP contribution in [-0.2, 0) is 18.3 Å². The van der Waals surface area contributed by atoms with Crippen LogP contribution in [0.1, 0.15) is 32.2 Å².